The van der Waals surface area contributed by atoms with Crippen molar-refractivity contribution in [2.45, 2.75) is 60.5 Å². The average molecular weight is 594 g/mol. The lowest BCUT2D eigenvalue weighted by molar-refractivity contribution is -0.145. The van der Waals surface area contributed by atoms with Crippen LogP contribution in [-0.4, -0.2) is 66.1 Å². The molecule has 42 heavy (non-hydrogen) atoms. The summed E-state index contributed by atoms with van der Waals surface area (Å²) in [6.45, 7) is 8.21. The first-order valence-electron chi connectivity index (χ1n) is 14.1. The van der Waals surface area contributed by atoms with E-state index in [4.69, 9.17) is 4.74 Å². The quantitative estimate of drug-likeness (QED) is 0.209. The smallest absolute Gasteiger partial charge is 0.357 e. The van der Waals surface area contributed by atoms with E-state index < -0.39 is 5.97 Å². The number of hydrogen-bond acceptors (Lipinski definition) is 8. The molecule has 0 fully saturated rings. The number of likely N-dealkylation sites (N-methyl/N-ethyl adjacent to an activating group) is 1. The van der Waals surface area contributed by atoms with Gasteiger partial charge in [0.25, 0.3) is 5.91 Å². The molecule has 4 rings (SSSR count). The highest BCUT2D eigenvalue weighted by Crippen LogP contribution is 2.30. The van der Waals surface area contributed by atoms with Crippen LogP contribution in [0.3, 0.4) is 0 Å². The molecule has 0 bridgehead atoms. The van der Waals surface area contributed by atoms with Gasteiger partial charge in [0.05, 0.1) is 19.7 Å². The molecule has 10 heteroatoms. The van der Waals surface area contributed by atoms with Crippen molar-refractivity contribution >= 4 is 34.8 Å². The summed E-state index contributed by atoms with van der Waals surface area (Å²) < 4.78 is 5.06. The fraction of sp³-hybridized carbons (Fsp3) is 0.438. The molecule has 9 nitrogen and oxygen atoms in total. The van der Waals surface area contributed by atoms with E-state index in [-0.39, 0.29) is 38.0 Å². The Morgan fingerprint density at radius 3 is 2.40 bits per heavy atom. The van der Waals surface area contributed by atoms with Crippen LogP contribution in [0.2, 0.25) is 0 Å². The minimum absolute atomic E-state index is 0. The van der Waals surface area contributed by atoms with Crippen LogP contribution in [0.25, 0.3) is 10.6 Å². The van der Waals surface area contributed by atoms with E-state index in [1.54, 1.807) is 24.4 Å². The molecule has 3 aromatic rings. The highest BCUT2D eigenvalue weighted by molar-refractivity contribution is 7.13. The summed E-state index contributed by atoms with van der Waals surface area (Å²) in [6.07, 6.45) is 3.06. The van der Waals surface area contributed by atoms with Crippen LogP contribution in [0.1, 0.15) is 67.7 Å². The molecular formula is C32H43N5O4S. The SMILES string of the molecule is C.CCCCCNC(=O)CN(CC(=O)N(C)N1Cc2ccccc2C1)c1ccc(-c2nc(C(=O)OCC)cs2)cc1C. The standard InChI is InChI=1S/C31H39N5O4S.CH4/c1-5-7-10-15-32-28(37)19-35(20-29(38)34(4)36-17-24-11-8-9-12-25(24)18-36)27-14-13-23(16-22(27)3)30-33-26(21-41-30)31(39)40-6-2;/h8-9,11-14,16,21H,5-7,10,15,17-20H2,1-4H3,(H,32,37);1H4. The Morgan fingerprint density at radius 2 is 1.76 bits per heavy atom. The van der Waals surface area contributed by atoms with Gasteiger partial charge in [0.15, 0.2) is 5.69 Å². The van der Waals surface area contributed by atoms with Crippen molar-refractivity contribution in [1.82, 2.24) is 20.3 Å². The van der Waals surface area contributed by atoms with E-state index in [0.717, 1.165) is 36.1 Å². The van der Waals surface area contributed by atoms with Crippen molar-refractivity contribution < 1.29 is 19.1 Å². The van der Waals surface area contributed by atoms with Crippen molar-refractivity contribution in [1.29, 1.82) is 0 Å². The average Bonchev–Trinajstić information content (AvgIpc) is 3.63. The second-order valence-corrected chi connectivity index (χ2v) is 11.0. The molecule has 1 aliphatic rings. The number of hydrazine groups is 1. The zero-order chi connectivity index (χ0) is 29.4. The van der Waals surface area contributed by atoms with Gasteiger partial charge in [-0.15, -0.1) is 11.3 Å². The van der Waals surface area contributed by atoms with Gasteiger partial charge in [-0.3, -0.25) is 14.6 Å². The zero-order valence-electron chi connectivity index (χ0n) is 24.3. The van der Waals surface area contributed by atoms with Crippen molar-refractivity contribution in [3.8, 4) is 10.6 Å². The summed E-state index contributed by atoms with van der Waals surface area (Å²) >= 11 is 1.37. The van der Waals surface area contributed by atoms with Crippen LogP contribution < -0.4 is 10.2 Å². The summed E-state index contributed by atoms with van der Waals surface area (Å²) in [7, 11) is 1.79. The summed E-state index contributed by atoms with van der Waals surface area (Å²) in [5.74, 6) is -0.658. The van der Waals surface area contributed by atoms with Crippen LogP contribution >= 0.6 is 11.3 Å². The lowest BCUT2D eigenvalue weighted by atomic mass is 10.1. The molecule has 2 aromatic carbocycles. The van der Waals surface area contributed by atoms with E-state index in [9.17, 15) is 14.4 Å². The van der Waals surface area contributed by atoms with Gasteiger partial charge in [0, 0.05) is 43.3 Å². The number of aryl methyl sites for hydroxylation is 1. The lowest BCUT2D eigenvalue weighted by Crippen LogP contribution is -2.48. The van der Waals surface area contributed by atoms with Gasteiger partial charge < -0.3 is 15.0 Å². The number of ether oxygens (including phenoxy) is 1. The minimum atomic E-state index is -0.441. The number of carbonyl (C=O) groups is 3. The van der Waals surface area contributed by atoms with Crippen molar-refractivity contribution in [2.75, 3.05) is 38.2 Å². The fourth-order valence-corrected chi connectivity index (χ4v) is 5.64. The van der Waals surface area contributed by atoms with Crippen LogP contribution in [0.5, 0.6) is 0 Å². The third kappa shape index (κ3) is 8.17. The monoisotopic (exact) mass is 593 g/mol. The highest BCUT2D eigenvalue weighted by Gasteiger charge is 2.27. The number of thiazole rings is 1. The van der Waals surface area contributed by atoms with E-state index in [1.165, 1.54) is 22.5 Å². The van der Waals surface area contributed by atoms with Gasteiger partial charge in [-0.05, 0) is 55.2 Å². The van der Waals surface area contributed by atoms with Crippen LogP contribution in [0.4, 0.5) is 5.69 Å². The molecule has 0 atom stereocenters. The van der Waals surface area contributed by atoms with Gasteiger partial charge in [-0.25, -0.2) is 14.8 Å². The molecule has 0 unspecified atom stereocenters. The molecule has 1 aliphatic heterocycles. The topological polar surface area (TPSA) is 95.1 Å². The van der Waals surface area contributed by atoms with Crippen LogP contribution in [-0.2, 0) is 27.4 Å². The van der Waals surface area contributed by atoms with Gasteiger partial charge in [0.1, 0.15) is 5.01 Å². The van der Waals surface area contributed by atoms with Crippen LogP contribution in [0.15, 0.2) is 47.8 Å². The van der Waals surface area contributed by atoms with Crippen molar-refractivity contribution in [3.05, 3.63) is 70.2 Å². The van der Waals surface area contributed by atoms with Gasteiger partial charge >= 0.3 is 5.97 Å². The first-order chi connectivity index (χ1) is 19.8. The molecule has 2 amide bonds. The van der Waals surface area contributed by atoms with Gasteiger partial charge in [0.2, 0.25) is 5.91 Å². The summed E-state index contributed by atoms with van der Waals surface area (Å²) in [5, 5.41) is 9.08. The Balaban J connectivity index is 0.00000484. The molecule has 1 N–H and O–H groups in total. The van der Waals surface area contributed by atoms with Gasteiger partial charge in [-0.2, -0.15) is 0 Å². The lowest BCUT2D eigenvalue weighted by Gasteiger charge is -2.32. The first-order valence-corrected chi connectivity index (χ1v) is 15.0. The normalized spacial score (nSPS) is 12.3. The van der Waals surface area contributed by atoms with Crippen LogP contribution in [0, 0.1) is 6.92 Å². The highest BCUT2D eigenvalue weighted by atomic mass is 32.1. The molecule has 0 saturated heterocycles. The van der Waals surface area contributed by atoms with Crippen molar-refractivity contribution in [3.63, 3.8) is 0 Å². The predicted molar refractivity (Wildman–Crippen MR) is 168 cm³/mol. The molecule has 0 radical (unpaired) electrons. The Kier molecular flexibility index (Phi) is 12.1. The number of rotatable bonds is 13. The third-order valence-electron chi connectivity index (χ3n) is 7.15. The number of nitrogens with zero attached hydrogens (tertiary/aromatic N) is 4. The summed E-state index contributed by atoms with van der Waals surface area (Å²) in [5.41, 5.74) is 5.27. The number of aromatic nitrogens is 1. The Bertz CT molecular complexity index is 1350. The first kappa shape index (κ1) is 32.8. The van der Waals surface area contributed by atoms with E-state index in [1.807, 2.05) is 47.2 Å². The maximum Gasteiger partial charge on any atom is 0.357 e. The summed E-state index contributed by atoms with van der Waals surface area (Å²) in [4.78, 5) is 44.8. The number of esters is 1. The zero-order valence-corrected chi connectivity index (χ0v) is 25.1. The minimum Gasteiger partial charge on any atom is -0.461 e. The second-order valence-electron chi connectivity index (χ2n) is 10.2. The fourth-order valence-electron chi connectivity index (χ4n) is 4.86. The molecular weight excluding hydrogens is 550 g/mol. The number of amides is 2. The number of carbonyl (C=O) groups excluding carboxylic acids is 3. The number of hydrogen-bond donors (Lipinski definition) is 1. The number of fused-ring (bicyclic) bond motifs is 1. The number of benzene rings is 2. The number of anilines is 1. The second kappa shape index (κ2) is 15.5. The Labute approximate surface area is 253 Å². The van der Waals surface area contributed by atoms with E-state index in [0.29, 0.717) is 31.2 Å². The molecule has 0 spiro atoms. The molecule has 0 saturated carbocycles. The van der Waals surface area contributed by atoms with E-state index in [2.05, 4.69) is 29.4 Å². The van der Waals surface area contributed by atoms with Gasteiger partial charge in [-0.1, -0.05) is 51.5 Å². The molecule has 0 aliphatic carbocycles. The largest absolute Gasteiger partial charge is 0.461 e. The molecule has 226 valence electrons. The third-order valence-corrected chi connectivity index (χ3v) is 8.04. The van der Waals surface area contributed by atoms with Crippen molar-refractivity contribution in [2.24, 2.45) is 0 Å². The van der Waals surface area contributed by atoms with E-state index >= 15 is 0 Å². The molecule has 2 heterocycles. The Morgan fingerprint density at radius 1 is 1.05 bits per heavy atom. The number of nitrogens with one attached hydrogen (secondary N) is 1. The number of unbranched alkanes of at least 4 members (excludes halogenated alkanes) is 2. The summed E-state index contributed by atoms with van der Waals surface area (Å²) in [6, 6.07) is 14.0. The predicted octanol–water partition coefficient (Wildman–Crippen LogP) is 5.43. The Hall–Kier alpha value is -3.76. The maximum atomic E-state index is 13.5. The maximum absolute atomic E-state index is 13.5. The molecule has 1 aromatic heterocycles.